The average Bonchev–Trinajstić information content (AvgIpc) is 3.36. The topological polar surface area (TPSA) is 126 Å². The maximum Gasteiger partial charge on any atom is 0.255 e. The van der Waals surface area contributed by atoms with Gasteiger partial charge in [-0.1, -0.05) is 6.07 Å². The van der Waals surface area contributed by atoms with E-state index in [1.54, 1.807) is 6.07 Å². The van der Waals surface area contributed by atoms with E-state index in [0.717, 1.165) is 12.1 Å². The van der Waals surface area contributed by atoms with Crippen molar-refractivity contribution in [2.45, 2.75) is 31.4 Å². The number of carbonyl (C=O) groups is 1. The number of amides is 1. The molecule has 14 heteroatoms. The van der Waals surface area contributed by atoms with Crippen molar-refractivity contribution < 1.29 is 39.2 Å². The van der Waals surface area contributed by atoms with Crippen molar-refractivity contribution in [3.63, 3.8) is 0 Å². The van der Waals surface area contributed by atoms with E-state index < -0.39 is 55.1 Å². The molecule has 3 aromatic carbocycles. The van der Waals surface area contributed by atoms with Crippen LogP contribution in [0.25, 0.3) is 22.3 Å². The third-order valence-corrected chi connectivity index (χ3v) is 10.7. The number of halogens is 3. The minimum Gasteiger partial charge on any atom is -0.455 e. The number of fused-ring (bicyclic) bond motifs is 1. The first-order valence-corrected chi connectivity index (χ1v) is 17.1. The summed E-state index contributed by atoms with van der Waals surface area (Å²) >= 11 is 0. The molecule has 2 heterocycles. The predicted octanol–water partition coefficient (Wildman–Crippen LogP) is 5.35. The number of carbonyl (C=O) groups excluding carboxylic acids is 1. The lowest BCUT2D eigenvalue weighted by Crippen LogP contribution is -2.40. The molecule has 234 valence electrons. The molecule has 1 saturated heterocycles. The fraction of sp³-hybridized carbons (Fsp3) is 0.300. The van der Waals surface area contributed by atoms with Gasteiger partial charge in [-0.3, -0.25) is 9.52 Å². The van der Waals surface area contributed by atoms with E-state index in [2.05, 4.69) is 10.0 Å². The summed E-state index contributed by atoms with van der Waals surface area (Å²) in [5.74, 6) is -4.32. The number of furan rings is 1. The van der Waals surface area contributed by atoms with E-state index in [0.29, 0.717) is 29.4 Å². The number of piperidine rings is 1. The van der Waals surface area contributed by atoms with Crippen LogP contribution in [-0.2, 0) is 25.8 Å². The molecule has 4 aromatic rings. The first-order chi connectivity index (χ1) is 20.8. The number of sulfonamides is 2. The monoisotopic (exact) mass is 649 g/mol. The van der Waals surface area contributed by atoms with E-state index in [9.17, 15) is 34.8 Å². The van der Waals surface area contributed by atoms with Crippen molar-refractivity contribution >= 4 is 42.6 Å². The highest BCUT2D eigenvalue weighted by Crippen LogP contribution is 2.41. The molecule has 0 saturated carbocycles. The van der Waals surface area contributed by atoms with Crippen LogP contribution in [0, 0.1) is 17.5 Å². The number of hydrogen-bond donors (Lipinski definition) is 2. The Morgan fingerprint density at radius 1 is 1.00 bits per heavy atom. The third kappa shape index (κ3) is 6.47. The van der Waals surface area contributed by atoms with Gasteiger partial charge in [0.1, 0.15) is 17.2 Å². The molecule has 1 atom stereocenters. The molecular formula is C30H30F3N3O6S2. The van der Waals surface area contributed by atoms with Crippen LogP contribution in [0.2, 0.25) is 0 Å². The Kier molecular flexibility index (Phi) is 8.78. The molecule has 0 radical (unpaired) electrons. The quantitative estimate of drug-likeness (QED) is 0.252. The summed E-state index contributed by atoms with van der Waals surface area (Å²) in [7, 11) is -6.31. The lowest BCUT2D eigenvalue weighted by molar-refractivity contribution is 0.0964. The number of anilines is 1. The maximum absolute atomic E-state index is 13.8. The average molecular weight is 650 g/mol. The maximum atomic E-state index is 13.8. The van der Waals surface area contributed by atoms with Crippen LogP contribution in [0.3, 0.4) is 0 Å². The number of nitrogens with zero attached hydrogens (tertiary/aromatic N) is 1. The van der Waals surface area contributed by atoms with E-state index >= 15 is 0 Å². The highest BCUT2D eigenvalue weighted by Gasteiger charge is 2.33. The number of rotatable bonds is 9. The predicted molar refractivity (Wildman–Crippen MR) is 161 cm³/mol. The van der Waals surface area contributed by atoms with Crippen molar-refractivity contribution in [2.75, 3.05) is 30.6 Å². The van der Waals surface area contributed by atoms with E-state index in [1.165, 1.54) is 54.7 Å². The zero-order valence-corrected chi connectivity index (χ0v) is 25.5. The first kappa shape index (κ1) is 31.5. The van der Waals surface area contributed by atoms with Gasteiger partial charge in [0.05, 0.1) is 22.8 Å². The van der Waals surface area contributed by atoms with Crippen molar-refractivity contribution in [1.29, 1.82) is 0 Å². The van der Waals surface area contributed by atoms with Crippen LogP contribution >= 0.6 is 0 Å². The van der Waals surface area contributed by atoms with Gasteiger partial charge in [-0.05, 0) is 79.3 Å². The van der Waals surface area contributed by atoms with Gasteiger partial charge >= 0.3 is 0 Å². The lowest BCUT2D eigenvalue weighted by Gasteiger charge is -2.33. The van der Waals surface area contributed by atoms with Gasteiger partial charge in [0.15, 0.2) is 11.6 Å². The van der Waals surface area contributed by atoms with Gasteiger partial charge in [0, 0.05) is 37.2 Å². The summed E-state index contributed by atoms with van der Waals surface area (Å²) in [5, 5.41) is 2.94. The fourth-order valence-corrected chi connectivity index (χ4v) is 7.61. The van der Waals surface area contributed by atoms with Crippen LogP contribution in [-0.4, -0.2) is 52.9 Å². The van der Waals surface area contributed by atoms with Gasteiger partial charge in [-0.2, -0.15) is 0 Å². The Hall–Kier alpha value is -3.88. The van der Waals surface area contributed by atoms with Crippen LogP contribution in [0.1, 0.15) is 47.2 Å². The fourth-order valence-electron chi connectivity index (χ4n) is 5.36. The zero-order chi connectivity index (χ0) is 31.8. The second kappa shape index (κ2) is 12.3. The Morgan fingerprint density at radius 2 is 1.73 bits per heavy atom. The highest BCUT2D eigenvalue weighted by molar-refractivity contribution is 7.92. The molecule has 0 bridgehead atoms. The Balaban J connectivity index is 1.60. The van der Waals surface area contributed by atoms with E-state index in [1.807, 2.05) is 0 Å². The molecule has 1 amide bonds. The summed E-state index contributed by atoms with van der Waals surface area (Å²) in [4.78, 5) is 13.1. The SMILES string of the molecule is CCS(=O)(=O)Nc1cc2oc(-c3ccc(F)cc3)c(C(=O)NC)c2cc1[C@H]1CCCN(S(=O)(=O)Cc2ccc(F)c(F)c2)C1. The Morgan fingerprint density at radius 3 is 2.39 bits per heavy atom. The lowest BCUT2D eigenvalue weighted by atomic mass is 9.89. The smallest absolute Gasteiger partial charge is 0.255 e. The Bertz CT molecular complexity index is 1940. The van der Waals surface area contributed by atoms with E-state index in [4.69, 9.17) is 4.42 Å². The first-order valence-electron chi connectivity index (χ1n) is 13.8. The number of benzene rings is 3. The molecule has 9 nitrogen and oxygen atoms in total. The van der Waals surface area contributed by atoms with Gasteiger partial charge in [0.25, 0.3) is 5.91 Å². The summed E-state index contributed by atoms with van der Waals surface area (Å²) < 4.78 is 103. The van der Waals surface area contributed by atoms with Gasteiger partial charge in [-0.15, -0.1) is 0 Å². The van der Waals surface area contributed by atoms with Gasteiger partial charge < -0.3 is 9.73 Å². The highest BCUT2D eigenvalue weighted by atomic mass is 32.2. The molecular weight excluding hydrogens is 619 g/mol. The molecule has 0 unspecified atom stereocenters. The minimum atomic E-state index is -3.97. The number of nitrogens with one attached hydrogen (secondary N) is 2. The second-order valence-corrected chi connectivity index (χ2v) is 14.5. The molecule has 2 N–H and O–H groups in total. The molecule has 1 aliphatic rings. The molecule has 44 heavy (non-hydrogen) atoms. The van der Waals surface area contributed by atoms with Crippen LogP contribution in [0.15, 0.2) is 59.0 Å². The van der Waals surface area contributed by atoms with Crippen molar-refractivity contribution in [3.05, 3.63) is 88.7 Å². The van der Waals surface area contributed by atoms with Crippen LogP contribution < -0.4 is 10.0 Å². The van der Waals surface area contributed by atoms with Crippen molar-refractivity contribution in [2.24, 2.45) is 0 Å². The van der Waals surface area contributed by atoms with Crippen LogP contribution in [0.4, 0.5) is 18.9 Å². The molecule has 5 rings (SSSR count). The van der Waals surface area contributed by atoms with Gasteiger partial charge in [0.2, 0.25) is 20.0 Å². The normalized spacial score (nSPS) is 16.2. The molecule has 0 spiro atoms. The number of hydrogen-bond acceptors (Lipinski definition) is 6. The van der Waals surface area contributed by atoms with Crippen molar-refractivity contribution in [3.8, 4) is 11.3 Å². The van der Waals surface area contributed by atoms with E-state index in [-0.39, 0.29) is 47.0 Å². The zero-order valence-electron chi connectivity index (χ0n) is 23.9. The summed E-state index contributed by atoms with van der Waals surface area (Å²) in [6, 6.07) is 11.4. The molecule has 0 aliphatic carbocycles. The summed E-state index contributed by atoms with van der Waals surface area (Å²) in [6.45, 7) is 1.64. The molecule has 1 aliphatic heterocycles. The third-order valence-electron chi connectivity index (χ3n) is 7.62. The van der Waals surface area contributed by atoms with Crippen molar-refractivity contribution in [1.82, 2.24) is 9.62 Å². The minimum absolute atomic E-state index is 0.0175. The molecule has 1 fully saturated rings. The standard InChI is InChI=1S/C30H30F3N3O6S2/c1-3-43(38,39)35-26-15-27-23(28(30(37)34-2)29(42-27)19-7-9-21(31)10-8-19)14-22(26)20-5-4-12-36(16-20)44(40,41)17-18-6-11-24(32)25(33)13-18/h6-11,13-15,20,35H,3-5,12,16-17H2,1-2H3,(H,34,37)/t20-/m0/s1. The Labute approximate surface area is 253 Å². The second-order valence-electron chi connectivity index (χ2n) is 10.5. The molecule has 1 aromatic heterocycles. The summed E-state index contributed by atoms with van der Waals surface area (Å²) in [6.07, 6.45) is 0.940. The van der Waals surface area contributed by atoms with Gasteiger partial charge in [-0.25, -0.2) is 34.3 Å². The van der Waals surface area contributed by atoms with Crippen LogP contribution in [0.5, 0.6) is 0 Å². The summed E-state index contributed by atoms with van der Waals surface area (Å²) in [5.41, 5.74) is 1.49. The largest absolute Gasteiger partial charge is 0.455 e.